The molecular formula is C12H10BrFN2O2S. The predicted molar refractivity (Wildman–Crippen MR) is 75.8 cm³/mol. The Balaban J connectivity index is 2.40. The number of nitrogens with one attached hydrogen (secondary N) is 1. The van der Waals surface area contributed by atoms with Crippen LogP contribution in [0.4, 0.5) is 15.8 Å². The fourth-order valence-electron chi connectivity index (χ4n) is 1.50. The molecule has 0 unspecified atom stereocenters. The van der Waals surface area contributed by atoms with E-state index in [1.807, 2.05) is 0 Å². The van der Waals surface area contributed by atoms with E-state index < -0.39 is 15.8 Å². The van der Waals surface area contributed by atoms with Gasteiger partial charge in [0.25, 0.3) is 10.0 Å². The SMILES string of the molecule is Nc1ccccc1S(=O)(=O)Nc1ccc(F)cc1Br. The van der Waals surface area contributed by atoms with Crippen LogP contribution in [0.2, 0.25) is 0 Å². The van der Waals surface area contributed by atoms with Crippen LogP contribution in [0.5, 0.6) is 0 Å². The van der Waals surface area contributed by atoms with Crippen LogP contribution in [0.25, 0.3) is 0 Å². The van der Waals surface area contributed by atoms with Gasteiger partial charge in [0.05, 0.1) is 11.4 Å². The summed E-state index contributed by atoms with van der Waals surface area (Å²) < 4.78 is 39.9. The van der Waals surface area contributed by atoms with Crippen LogP contribution in [-0.4, -0.2) is 8.42 Å². The molecule has 0 aromatic heterocycles. The van der Waals surface area contributed by atoms with Crippen molar-refractivity contribution in [2.24, 2.45) is 0 Å². The molecule has 3 N–H and O–H groups in total. The molecule has 0 aliphatic carbocycles. The highest BCUT2D eigenvalue weighted by molar-refractivity contribution is 9.10. The fourth-order valence-corrected chi connectivity index (χ4v) is 3.29. The van der Waals surface area contributed by atoms with Crippen LogP contribution in [0.15, 0.2) is 51.8 Å². The second kappa shape index (κ2) is 5.18. The monoisotopic (exact) mass is 344 g/mol. The first kappa shape index (κ1) is 13.8. The molecule has 0 aliphatic heterocycles. The maximum Gasteiger partial charge on any atom is 0.263 e. The molecule has 0 fully saturated rings. The standard InChI is InChI=1S/C12H10BrFN2O2S/c13-9-7-8(14)5-6-11(9)16-19(17,18)12-4-2-1-3-10(12)15/h1-7,16H,15H2. The number of hydrogen-bond donors (Lipinski definition) is 2. The third kappa shape index (κ3) is 3.05. The van der Waals surface area contributed by atoms with Crippen LogP contribution < -0.4 is 10.5 Å². The van der Waals surface area contributed by atoms with E-state index in [0.717, 1.165) is 6.07 Å². The fraction of sp³-hybridized carbons (Fsp3) is 0. The number of anilines is 2. The topological polar surface area (TPSA) is 72.2 Å². The average molecular weight is 345 g/mol. The molecular weight excluding hydrogens is 335 g/mol. The highest BCUT2D eigenvalue weighted by Crippen LogP contribution is 2.27. The van der Waals surface area contributed by atoms with Gasteiger partial charge < -0.3 is 5.73 Å². The Morgan fingerprint density at radius 1 is 1.16 bits per heavy atom. The average Bonchev–Trinajstić information content (AvgIpc) is 2.33. The molecule has 7 heteroatoms. The molecule has 0 heterocycles. The van der Waals surface area contributed by atoms with Gasteiger partial charge in [-0.05, 0) is 46.3 Å². The minimum absolute atomic E-state index is 0.0220. The zero-order valence-corrected chi connectivity index (χ0v) is 12.0. The third-order valence-electron chi connectivity index (χ3n) is 2.38. The van der Waals surface area contributed by atoms with Gasteiger partial charge in [0.1, 0.15) is 10.7 Å². The first-order valence-electron chi connectivity index (χ1n) is 5.22. The van der Waals surface area contributed by atoms with Gasteiger partial charge in [-0.25, -0.2) is 12.8 Å². The summed E-state index contributed by atoms with van der Waals surface area (Å²) in [4.78, 5) is -0.0220. The molecule has 2 rings (SSSR count). The minimum atomic E-state index is -3.81. The molecule has 0 spiro atoms. The van der Waals surface area contributed by atoms with Gasteiger partial charge in [-0.3, -0.25) is 4.72 Å². The first-order valence-corrected chi connectivity index (χ1v) is 7.50. The van der Waals surface area contributed by atoms with Crippen molar-refractivity contribution in [3.05, 3.63) is 52.8 Å². The summed E-state index contributed by atoms with van der Waals surface area (Å²) in [5, 5.41) is 0. The number of sulfonamides is 1. The highest BCUT2D eigenvalue weighted by atomic mass is 79.9. The van der Waals surface area contributed by atoms with Crippen molar-refractivity contribution in [2.45, 2.75) is 4.90 Å². The summed E-state index contributed by atoms with van der Waals surface area (Å²) in [6.45, 7) is 0. The van der Waals surface area contributed by atoms with Gasteiger partial charge in [0.2, 0.25) is 0 Å². The molecule has 2 aromatic carbocycles. The van der Waals surface area contributed by atoms with Gasteiger partial charge in [-0.2, -0.15) is 0 Å². The van der Waals surface area contributed by atoms with Gasteiger partial charge in [-0.15, -0.1) is 0 Å². The van der Waals surface area contributed by atoms with E-state index >= 15 is 0 Å². The Morgan fingerprint density at radius 2 is 1.84 bits per heavy atom. The molecule has 4 nitrogen and oxygen atoms in total. The zero-order valence-electron chi connectivity index (χ0n) is 9.60. The van der Waals surface area contributed by atoms with Crippen molar-refractivity contribution in [2.75, 3.05) is 10.5 Å². The summed E-state index contributed by atoms with van der Waals surface area (Å²) >= 11 is 3.09. The summed E-state index contributed by atoms with van der Waals surface area (Å²) in [6.07, 6.45) is 0. The van der Waals surface area contributed by atoms with E-state index in [-0.39, 0.29) is 16.3 Å². The third-order valence-corrected chi connectivity index (χ3v) is 4.48. The molecule has 0 saturated carbocycles. The first-order chi connectivity index (χ1) is 8.90. The molecule has 0 amide bonds. The Morgan fingerprint density at radius 3 is 2.47 bits per heavy atom. The van der Waals surface area contributed by atoms with Crippen molar-refractivity contribution in [1.29, 1.82) is 0 Å². The van der Waals surface area contributed by atoms with Gasteiger partial charge >= 0.3 is 0 Å². The van der Waals surface area contributed by atoms with Crippen molar-refractivity contribution >= 4 is 37.3 Å². The van der Waals surface area contributed by atoms with Gasteiger partial charge in [0.15, 0.2) is 0 Å². The molecule has 0 saturated heterocycles. The second-order valence-electron chi connectivity index (χ2n) is 3.77. The van der Waals surface area contributed by atoms with Crippen molar-refractivity contribution < 1.29 is 12.8 Å². The molecule has 0 radical (unpaired) electrons. The molecule has 0 atom stereocenters. The van der Waals surface area contributed by atoms with E-state index in [1.54, 1.807) is 12.1 Å². The van der Waals surface area contributed by atoms with E-state index in [1.165, 1.54) is 24.3 Å². The summed E-state index contributed by atoms with van der Waals surface area (Å²) in [5.74, 6) is -0.464. The lowest BCUT2D eigenvalue weighted by molar-refractivity contribution is 0.601. The Kier molecular flexibility index (Phi) is 3.77. The number of para-hydroxylation sites is 1. The summed E-state index contributed by atoms with van der Waals surface area (Å²) in [6, 6.07) is 9.77. The largest absolute Gasteiger partial charge is 0.398 e. The van der Waals surface area contributed by atoms with Crippen molar-refractivity contribution in [3.8, 4) is 0 Å². The Bertz CT molecular complexity index is 719. The summed E-state index contributed by atoms with van der Waals surface area (Å²) in [5.41, 5.74) is 6.02. The lowest BCUT2D eigenvalue weighted by atomic mass is 10.3. The van der Waals surface area contributed by atoms with Crippen LogP contribution >= 0.6 is 15.9 Å². The quantitative estimate of drug-likeness (QED) is 0.840. The summed E-state index contributed by atoms with van der Waals surface area (Å²) in [7, 11) is -3.81. The Hall–Kier alpha value is -1.60. The zero-order chi connectivity index (χ0) is 14.0. The van der Waals surface area contributed by atoms with Crippen molar-refractivity contribution in [3.63, 3.8) is 0 Å². The lowest BCUT2D eigenvalue weighted by Gasteiger charge is -2.11. The number of benzene rings is 2. The maximum atomic E-state index is 12.9. The number of hydrogen-bond acceptors (Lipinski definition) is 3. The number of nitrogen functional groups attached to an aromatic ring is 1. The van der Waals surface area contributed by atoms with E-state index in [2.05, 4.69) is 20.7 Å². The van der Waals surface area contributed by atoms with E-state index in [4.69, 9.17) is 5.73 Å². The van der Waals surface area contributed by atoms with E-state index in [0.29, 0.717) is 4.47 Å². The molecule has 0 bridgehead atoms. The molecule has 100 valence electrons. The molecule has 2 aromatic rings. The van der Waals surface area contributed by atoms with Crippen molar-refractivity contribution in [1.82, 2.24) is 0 Å². The number of rotatable bonds is 3. The molecule has 19 heavy (non-hydrogen) atoms. The second-order valence-corrected chi connectivity index (χ2v) is 6.27. The Labute approximate surface area is 118 Å². The van der Waals surface area contributed by atoms with Crippen LogP contribution in [0.1, 0.15) is 0 Å². The van der Waals surface area contributed by atoms with Crippen LogP contribution in [0, 0.1) is 5.82 Å². The normalized spacial score (nSPS) is 11.3. The van der Waals surface area contributed by atoms with Gasteiger partial charge in [-0.1, -0.05) is 12.1 Å². The minimum Gasteiger partial charge on any atom is -0.398 e. The van der Waals surface area contributed by atoms with Crippen LogP contribution in [0.3, 0.4) is 0 Å². The van der Waals surface area contributed by atoms with Gasteiger partial charge in [0, 0.05) is 4.47 Å². The van der Waals surface area contributed by atoms with E-state index in [9.17, 15) is 12.8 Å². The smallest absolute Gasteiger partial charge is 0.263 e. The number of nitrogens with two attached hydrogens (primary N) is 1. The lowest BCUT2D eigenvalue weighted by Crippen LogP contribution is -2.15. The maximum absolute atomic E-state index is 12.9. The predicted octanol–water partition coefficient (Wildman–Crippen LogP) is 2.97. The number of halogens is 2. The molecule has 0 aliphatic rings. The van der Waals surface area contributed by atoms with Crippen LogP contribution in [-0.2, 0) is 10.0 Å². The highest BCUT2D eigenvalue weighted by Gasteiger charge is 2.18.